The number of alkyl carbamates (subject to hydrolysis) is 1. The van der Waals surface area contributed by atoms with Crippen molar-refractivity contribution in [1.29, 1.82) is 0 Å². The number of rotatable bonds is 5. The number of hydrogen-bond donors (Lipinski definition) is 7. The topological polar surface area (TPSA) is 229 Å². The van der Waals surface area contributed by atoms with Gasteiger partial charge in [-0.05, 0) is 66.5 Å². The summed E-state index contributed by atoms with van der Waals surface area (Å²) in [5.74, 6) is -10.5. The van der Waals surface area contributed by atoms with Gasteiger partial charge >= 0.3 is 6.09 Å². The van der Waals surface area contributed by atoms with Gasteiger partial charge in [0, 0.05) is 23.1 Å². The number of nitrogens with two attached hydrogens (primary N) is 1. The number of aromatic hydroxyl groups is 1. The van der Waals surface area contributed by atoms with Crippen LogP contribution in [-0.2, 0) is 25.5 Å². The number of nitrogens with one attached hydrogen (secondary N) is 2. The summed E-state index contributed by atoms with van der Waals surface area (Å²) in [6.45, 7) is 4.92. The lowest BCUT2D eigenvalue weighted by Crippen LogP contribution is -2.63. The molecule has 1 aromatic rings. The number of amides is 3. The number of nitrogens with zero attached hydrogens (tertiary/aromatic N) is 1. The molecule has 1 aromatic carbocycles. The van der Waals surface area contributed by atoms with Gasteiger partial charge in [-0.25, -0.2) is 9.18 Å². The normalized spacial score (nSPS) is 27.0. The highest BCUT2D eigenvalue weighted by molar-refractivity contribution is 6.25. The van der Waals surface area contributed by atoms with Crippen LogP contribution in [0.2, 0.25) is 0 Å². The molecule has 0 bridgehead atoms. The standard InChI is InChI=1S/C30H35FN4O10/c1-28(2,3)45-27(43)34-29(6-7-29)26(42)33-15-10-14(31)12-8-11-9-13-19(35(4)5)22(38)18(25(32)41)24(40)30(13,44)23(39)16(11)21(37)17(12)20(15)36/h10-11,13,19,36,38-39,44H,6-9H2,1-5H3,(H2,32,41)(H,33,42)(H,34,43)/t11-,13-,19-,30-/m0/s1. The number of fused-ring (bicyclic) bond motifs is 3. The van der Waals surface area contributed by atoms with E-state index in [4.69, 9.17) is 10.5 Å². The molecule has 0 spiro atoms. The Bertz CT molecular complexity index is 1640. The van der Waals surface area contributed by atoms with Gasteiger partial charge in [-0.1, -0.05) is 0 Å². The Balaban J connectivity index is 1.53. The summed E-state index contributed by atoms with van der Waals surface area (Å²) >= 11 is 0. The van der Waals surface area contributed by atoms with E-state index in [1.807, 2.05) is 0 Å². The number of ketones is 2. The predicted octanol–water partition coefficient (Wildman–Crippen LogP) is 1.26. The van der Waals surface area contributed by atoms with Crippen molar-refractivity contribution >= 4 is 35.2 Å². The van der Waals surface area contributed by atoms with E-state index >= 15 is 4.39 Å². The van der Waals surface area contributed by atoms with Crippen LogP contribution in [0.15, 0.2) is 28.7 Å². The first-order valence-corrected chi connectivity index (χ1v) is 14.3. The Morgan fingerprint density at radius 2 is 1.76 bits per heavy atom. The van der Waals surface area contributed by atoms with E-state index in [1.165, 1.54) is 19.0 Å². The Hall–Kier alpha value is -4.50. The van der Waals surface area contributed by atoms with Gasteiger partial charge in [0.1, 0.15) is 34.0 Å². The summed E-state index contributed by atoms with van der Waals surface area (Å²) < 4.78 is 20.8. The number of phenolic OH excluding ortho intramolecular Hbond substituents is 1. The van der Waals surface area contributed by atoms with Gasteiger partial charge in [-0.15, -0.1) is 0 Å². The molecular weight excluding hydrogens is 595 g/mol. The van der Waals surface area contributed by atoms with Gasteiger partial charge in [-0.2, -0.15) is 0 Å². The van der Waals surface area contributed by atoms with Crippen molar-refractivity contribution in [3.63, 3.8) is 0 Å². The molecule has 3 amide bonds. The Morgan fingerprint density at radius 3 is 2.29 bits per heavy atom. The van der Waals surface area contributed by atoms with Gasteiger partial charge in [0.15, 0.2) is 17.1 Å². The van der Waals surface area contributed by atoms with Gasteiger partial charge in [0.25, 0.3) is 5.91 Å². The molecule has 0 heterocycles. The number of carbonyl (C=O) groups is 5. The van der Waals surface area contributed by atoms with Crippen LogP contribution in [0.1, 0.15) is 56.0 Å². The number of hydrogen-bond acceptors (Lipinski definition) is 11. The third-order valence-corrected chi connectivity index (χ3v) is 8.84. The number of carbonyl (C=O) groups excluding carboxylic acids is 5. The molecule has 1 fully saturated rings. The van der Waals surface area contributed by atoms with Gasteiger partial charge in [0.05, 0.1) is 17.3 Å². The number of aliphatic hydroxyl groups is 3. The highest BCUT2D eigenvalue weighted by atomic mass is 19.1. The van der Waals surface area contributed by atoms with Crippen molar-refractivity contribution in [3.8, 4) is 5.75 Å². The molecule has 5 rings (SSSR count). The van der Waals surface area contributed by atoms with Crippen LogP contribution in [0.3, 0.4) is 0 Å². The number of ether oxygens (including phenoxy) is 1. The number of benzene rings is 1. The first-order valence-electron chi connectivity index (χ1n) is 14.3. The van der Waals surface area contributed by atoms with Crippen molar-refractivity contribution in [2.75, 3.05) is 19.4 Å². The van der Waals surface area contributed by atoms with E-state index in [-0.39, 0.29) is 31.2 Å². The Kier molecular flexibility index (Phi) is 7.28. The molecule has 0 aromatic heterocycles. The zero-order valence-electron chi connectivity index (χ0n) is 25.3. The SMILES string of the molecule is CN(C)[C@@H]1C(O)=C(C(N)=O)C(=O)[C@@]2(O)C(O)=C3C(=O)c4c(O)c(NC(=O)C5(NC(=O)OC(C)(C)C)CC5)cc(F)c4C[C@H]3C[C@@H]12. The number of likely N-dealkylation sites (N-methyl/N-ethyl adjacent to an activating group) is 1. The first-order chi connectivity index (χ1) is 20.7. The third kappa shape index (κ3) is 4.90. The van der Waals surface area contributed by atoms with E-state index in [0.717, 1.165) is 6.07 Å². The number of allylic oxidation sites excluding steroid dienone is 1. The van der Waals surface area contributed by atoms with Crippen molar-refractivity contribution in [1.82, 2.24) is 10.2 Å². The monoisotopic (exact) mass is 630 g/mol. The highest BCUT2D eigenvalue weighted by Crippen LogP contribution is 2.53. The van der Waals surface area contributed by atoms with E-state index in [9.17, 15) is 44.4 Å². The lowest BCUT2D eigenvalue weighted by molar-refractivity contribution is -0.148. The zero-order chi connectivity index (χ0) is 33.5. The summed E-state index contributed by atoms with van der Waals surface area (Å²) in [6.07, 6.45) is -0.862. The average Bonchev–Trinajstić information content (AvgIpc) is 3.68. The number of halogens is 1. The highest BCUT2D eigenvalue weighted by Gasteiger charge is 2.63. The third-order valence-electron chi connectivity index (χ3n) is 8.84. The van der Waals surface area contributed by atoms with Gasteiger partial charge < -0.3 is 41.5 Å². The van der Waals surface area contributed by atoms with Crippen LogP contribution in [0.4, 0.5) is 14.9 Å². The fourth-order valence-electron chi connectivity index (χ4n) is 6.64. The Morgan fingerprint density at radius 1 is 1.13 bits per heavy atom. The molecule has 4 aliphatic rings. The minimum absolute atomic E-state index is 0.205. The number of anilines is 1. The van der Waals surface area contributed by atoms with Crippen LogP contribution < -0.4 is 16.4 Å². The maximum Gasteiger partial charge on any atom is 0.408 e. The lowest BCUT2D eigenvalue weighted by Gasteiger charge is -2.50. The summed E-state index contributed by atoms with van der Waals surface area (Å²) in [6, 6.07) is -0.354. The molecule has 14 nitrogen and oxygen atoms in total. The molecule has 1 saturated carbocycles. The predicted molar refractivity (Wildman–Crippen MR) is 154 cm³/mol. The van der Waals surface area contributed by atoms with E-state index in [1.54, 1.807) is 20.8 Å². The minimum atomic E-state index is -2.85. The maximum atomic E-state index is 15.6. The second-order valence-corrected chi connectivity index (χ2v) is 13.2. The molecule has 4 atom stereocenters. The molecule has 15 heteroatoms. The smallest absolute Gasteiger partial charge is 0.408 e. The van der Waals surface area contributed by atoms with Crippen LogP contribution in [0, 0.1) is 17.7 Å². The molecule has 0 unspecified atom stereocenters. The van der Waals surface area contributed by atoms with Crippen molar-refractivity contribution in [3.05, 3.63) is 45.7 Å². The first kappa shape index (κ1) is 31.9. The van der Waals surface area contributed by atoms with Gasteiger partial charge in [-0.3, -0.25) is 24.1 Å². The zero-order valence-corrected chi connectivity index (χ0v) is 25.3. The van der Waals surface area contributed by atoms with Crippen LogP contribution in [0.5, 0.6) is 5.75 Å². The summed E-state index contributed by atoms with van der Waals surface area (Å²) in [5, 5.41) is 49.9. The maximum absolute atomic E-state index is 15.6. The van der Waals surface area contributed by atoms with Crippen LogP contribution >= 0.6 is 0 Å². The largest absolute Gasteiger partial charge is 0.510 e. The number of aliphatic hydroxyl groups excluding tert-OH is 2. The van der Waals surface area contributed by atoms with Crippen molar-refractivity contribution in [2.24, 2.45) is 17.6 Å². The van der Waals surface area contributed by atoms with Crippen LogP contribution in [-0.4, -0.2) is 91.7 Å². The van der Waals surface area contributed by atoms with Crippen LogP contribution in [0.25, 0.3) is 0 Å². The number of Topliss-reactive ketones (excluding diaryl/α,β-unsaturated/α-hetero) is 2. The molecule has 0 radical (unpaired) electrons. The molecule has 4 aliphatic carbocycles. The van der Waals surface area contributed by atoms with E-state index in [0.29, 0.717) is 0 Å². The van der Waals surface area contributed by atoms with E-state index in [2.05, 4.69) is 10.6 Å². The Labute approximate surface area is 256 Å². The fourth-order valence-corrected chi connectivity index (χ4v) is 6.64. The van der Waals surface area contributed by atoms with Crippen molar-refractivity contribution in [2.45, 2.75) is 69.2 Å². The molecule has 0 aliphatic heterocycles. The summed E-state index contributed by atoms with van der Waals surface area (Å²) in [7, 11) is 2.99. The molecule has 8 N–H and O–H groups in total. The van der Waals surface area contributed by atoms with Gasteiger partial charge in [0.2, 0.25) is 11.7 Å². The molecule has 242 valence electrons. The quantitative estimate of drug-likeness (QED) is 0.181. The van der Waals surface area contributed by atoms with E-state index < -0.39 is 110 Å². The molecular formula is C30H35FN4O10. The minimum Gasteiger partial charge on any atom is -0.510 e. The summed E-state index contributed by atoms with van der Waals surface area (Å²) in [5.41, 5.74) is -2.48. The summed E-state index contributed by atoms with van der Waals surface area (Å²) in [4.78, 5) is 66.2. The molecule has 45 heavy (non-hydrogen) atoms. The lowest BCUT2D eigenvalue weighted by atomic mass is 9.58. The second kappa shape index (κ2) is 10.3. The number of phenols is 1. The second-order valence-electron chi connectivity index (χ2n) is 13.2. The number of primary amides is 1. The molecule has 0 saturated heterocycles. The fraction of sp³-hybridized carbons (Fsp3) is 0.500. The average molecular weight is 631 g/mol. The van der Waals surface area contributed by atoms with Crippen molar-refractivity contribution < 1.29 is 53.5 Å².